The van der Waals surface area contributed by atoms with Crippen LogP contribution in [0.4, 0.5) is 4.79 Å². The van der Waals surface area contributed by atoms with E-state index in [0.717, 1.165) is 64.6 Å². The second-order valence-electron chi connectivity index (χ2n) is 20.5. The summed E-state index contributed by atoms with van der Waals surface area (Å²) in [5.74, 6) is 0.582. The molecule has 2 aliphatic rings. The maximum Gasteiger partial charge on any atom is 0.410 e. The molecule has 0 aromatic heterocycles. The second-order valence-corrected chi connectivity index (χ2v) is 20.9. The van der Waals surface area contributed by atoms with Crippen LogP contribution in [-0.2, 0) is 93.6 Å². The lowest BCUT2D eigenvalue weighted by atomic mass is 9.93. The fraction of sp³-hybridized carbons (Fsp3) is 0.368. The number of ether oxygens (including phenoxy) is 10. The van der Waals surface area contributed by atoms with Crippen molar-refractivity contribution in [2.75, 3.05) is 19.1 Å². The molecule has 0 spiro atoms. The number of carbonyl (C=O) groups is 1. The number of unbranched alkanes of at least 4 members (excludes halogenated alkanes) is 3. The Morgan fingerprint density at radius 2 is 0.852 bits per heavy atom. The molecule has 0 bridgehead atoms. The minimum absolute atomic E-state index is 0.0174. The summed E-state index contributed by atoms with van der Waals surface area (Å²) in [6.07, 6.45) is -5.04. The van der Waals surface area contributed by atoms with Gasteiger partial charge in [-0.1, -0.05) is 225 Å². The molecule has 0 aliphatic carbocycles. The van der Waals surface area contributed by atoms with Crippen LogP contribution in [-0.4, -0.2) is 91.4 Å². The highest BCUT2D eigenvalue weighted by Gasteiger charge is 2.56. The van der Waals surface area contributed by atoms with Crippen LogP contribution in [0.3, 0.4) is 0 Å². The molecule has 13 heteroatoms. The van der Waals surface area contributed by atoms with E-state index in [1.165, 1.54) is 0 Å². The zero-order valence-electron chi connectivity index (χ0n) is 46.2. The average Bonchev–Trinajstić information content (AvgIpc) is 3.59. The lowest BCUT2D eigenvalue weighted by Gasteiger charge is -2.52. The molecule has 0 unspecified atom stereocenters. The Morgan fingerprint density at radius 3 is 1.35 bits per heavy atom. The Balaban J connectivity index is 1.16. The Bertz CT molecular complexity index is 2810. The van der Waals surface area contributed by atoms with Crippen molar-refractivity contribution >= 4 is 17.7 Å². The molecule has 7 aromatic carbocycles. The van der Waals surface area contributed by atoms with Crippen LogP contribution in [0.2, 0.25) is 0 Å². The minimum atomic E-state index is -1.14. The Labute approximate surface area is 483 Å². The summed E-state index contributed by atoms with van der Waals surface area (Å²) in [4.78, 5) is 17.1. The highest BCUT2D eigenvalue weighted by Crippen LogP contribution is 2.38. The summed E-state index contributed by atoms with van der Waals surface area (Å²) < 4.78 is 70.3. The van der Waals surface area contributed by atoms with Gasteiger partial charge in [-0.25, -0.2) is 4.79 Å². The molecule has 426 valence electrons. The summed E-state index contributed by atoms with van der Waals surface area (Å²) in [6.45, 7) is 3.73. The van der Waals surface area contributed by atoms with Gasteiger partial charge >= 0.3 is 6.09 Å². The summed E-state index contributed by atoms with van der Waals surface area (Å²) in [6, 6.07) is 68.5. The van der Waals surface area contributed by atoms with Crippen molar-refractivity contribution in [3.05, 3.63) is 251 Å². The monoisotopic (exact) mass is 1120 g/mol. The van der Waals surface area contributed by atoms with E-state index in [-0.39, 0.29) is 39.6 Å². The van der Waals surface area contributed by atoms with E-state index in [1.807, 2.05) is 219 Å². The van der Waals surface area contributed by atoms with Gasteiger partial charge in [-0.05, 0) is 58.7 Å². The number of alkyl halides is 1. The fourth-order valence-corrected chi connectivity index (χ4v) is 10.4. The highest BCUT2D eigenvalue weighted by molar-refractivity contribution is 6.17. The number of hydrogen-bond donors (Lipinski definition) is 0. The van der Waals surface area contributed by atoms with Crippen LogP contribution in [0.25, 0.3) is 0 Å². The van der Waals surface area contributed by atoms with Gasteiger partial charge in [0, 0.05) is 19.0 Å². The molecule has 2 aliphatic heterocycles. The normalized spacial score (nSPS) is 22.7. The summed E-state index contributed by atoms with van der Waals surface area (Å²) in [5, 5.41) is 0. The minimum Gasteiger partial charge on any atom is -0.445 e. The first-order valence-corrected chi connectivity index (χ1v) is 28.9. The van der Waals surface area contributed by atoms with Crippen LogP contribution in [0.1, 0.15) is 71.6 Å². The Hall–Kier alpha value is -6.26. The molecule has 2 saturated heterocycles. The van der Waals surface area contributed by atoms with Gasteiger partial charge in [0.05, 0.1) is 45.7 Å². The lowest BCUT2D eigenvalue weighted by Crippen LogP contribution is -2.69. The summed E-state index contributed by atoms with van der Waals surface area (Å²) in [7, 11) is 0. The molecule has 0 radical (unpaired) electrons. The average molecular weight is 1120 g/mol. The second kappa shape index (κ2) is 32.4. The zero-order chi connectivity index (χ0) is 55.7. The van der Waals surface area contributed by atoms with Gasteiger partial charge < -0.3 is 47.4 Å². The molecule has 0 saturated carbocycles. The molecular formula is C68H76ClNO11. The lowest BCUT2D eigenvalue weighted by molar-refractivity contribution is -0.364. The first-order valence-electron chi connectivity index (χ1n) is 28.4. The molecule has 7 aromatic rings. The van der Waals surface area contributed by atoms with Gasteiger partial charge in [0.15, 0.2) is 12.6 Å². The van der Waals surface area contributed by atoms with Crippen LogP contribution in [0, 0.1) is 0 Å². The van der Waals surface area contributed by atoms with Gasteiger partial charge in [-0.15, -0.1) is 11.6 Å². The van der Waals surface area contributed by atoms with Crippen LogP contribution in [0.15, 0.2) is 212 Å². The van der Waals surface area contributed by atoms with Gasteiger partial charge in [0.1, 0.15) is 49.3 Å². The first-order chi connectivity index (χ1) is 40.0. The third-order valence-electron chi connectivity index (χ3n) is 14.5. The number of carbonyl (C=O) groups excluding carboxylic acids is 1. The van der Waals surface area contributed by atoms with Crippen molar-refractivity contribution in [3.8, 4) is 0 Å². The van der Waals surface area contributed by atoms with E-state index in [4.69, 9.17) is 59.0 Å². The summed E-state index contributed by atoms with van der Waals surface area (Å²) in [5.41, 5.74) is 6.51. The quantitative estimate of drug-likeness (QED) is 0.0317. The van der Waals surface area contributed by atoms with Crippen molar-refractivity contribution in [2.24, 2.45) is 0 Å². The predicted octanol–water partition coefficient (Wildman–Crippen LogP) is 13.4. The molecule has 2 heterocycles. The molecule has 81 heavy (non-hydrogen) atoms. The largest absolute Gasteiger partial charge is 0.445 e. The maximum atomic E-state index is 15.4. The topological polar surface area (TPSA) is 113 Å². The SMILES string of the molecule is C[C@@H]1O[C@@H](O[C@H]2[C@H](OCc3ccccc3)[C@@H](COCc3ccccc3)O[C@@H](OCCCCCCCl)[C@@H]2N(Cc2ccccc2)C(=O)OCc2ccccc2)[C@@H](OCc2ccccc2)[C@H](OCc2ccccc2)[C@@H]1OCc1ccccc1. The third kappa shape index (κ3) is 18.1. The molecule has 2 fully saturated rings. The van der Waals surface area contributed by atoms with Crippen LogP contribution in [0.5, 0.6) is 0 Å². The number of hydrogen-bond acceptors (Lipinski definition) is 11. The molecule has 0 N–H and O–H groups in total. The number of amides is 1. The van der Waals surface area contributed by atoms with Crippen LogP contribution < -0.4 is 0 Å². The van der Waals surface area contributed by atoms with E-state index in [9.17, 15) is 0 Å². The van der Waals surface area contributed by atoms with Crippen molar-refractivity contribution in [2.45, 2.75) is 140 Å². The standard InChI is InChI=1S/C68H76ClNO11/c1-51-61(74-45-54-31-15-6-16-32-54)64(76-47-56-35-19-8-20-36-56)65(77-48-57-37-21-9-22-38-57)67(79-51)81-63-60(70(43-52-27-11-4-12-28-52)68(71)78-49-58-39-23-10-24-40-58)66(73-42-26-3-2-25-41-69)80-59(50-72-44-53-29-13-5-14-30-53)62(63)75-46-55-33-17-7-18-34-55/h4-24,27-40,51,59-67H,2-3,25-26,41-50H2,1H3/t51-,59+,60+,61+,62+,63+,64+,65-,66+,67-/m0/s1. The van der Waals surface area contributed by atoms with Gasteiger partial charge in [0.2, 0.25) is 0 Å². The maximum absolute atomic E-state index is 15.4. The number of benzene rings is 7. The van der Waals surface area contributed by atoms with E-state index in [2.05, 4.69) is 0 Å². The van der Waals surface area contributed by atoms with Gasteiger partial charge in [-0.3, -0.25) is 4.90 Å². The van der Waals surface area contributed by atoms with Gasteiger partial charge in [0.25, 0.3) is 0 Å². The van der Waals surface area contributed by atoms with E-state index < -0.39 is 67.4 Å². The molecule has 1 amide bonds. The fourth-order valence-electron chi connectivity index (χ4n) is 10.2. The van der Waals surface area contributed by atoms with E-state index in [1.54, 1.807) is 4.90 Å². The first kappa shape index (κ1) is 59.4. The highest BCUT2D eigenvalue weighted by atomic mass is 35.5. The van der Waals surface area contributed by atoms with Gasteiger partial charge in [-0.2, -0.15) is 0 Å². The van der Waals surface area contributed by atoms with Crippen molar-refractivity contribution in [3.63, 3.8) is 0 Å². The number of halogens is 1. The smallest absolute Gasteiger partial charge is 0.410 e. The van der Waals surface area contributed by atoms with Crippen molar-refractivity contribution in [1.82, 2.24) is 4.90 Å². The van der Waals surface area contributed by atoms with Crippen molar-refractivity contribution < 1.29 is 52.2 Å². The Kier molecular flexibility index (Phi) is 23.7. The summed E-state index contributed by atoms with van der Waals surface area (Å²) >= 11 is 6.12. The molecule has 10 atom stereocenters. The Morgan fingerprint density at radius 1 is 0.432 bits per heavy atom. The molecular weight excluding hydrogens is 1040 g/mol. The van der Waals surface area contributed by atoms with E-state index >= 15 is 4.79 Å². The zero-order valence-corrected chi connectivity index (χ0v) is 47.0. The predicted molar refractivity (Wildman–Crippen MR) is 312 cm³/mol. The number of rotatable bonds is 30. The van der Waals surface area contributed by atoms with Crippen molar-refractivity contribution in [1.29, 1.82) is 0 Å². The molecule has 9 rings (SSSR count). The molecule has 12 nitrogen and oxygen atoms in total. The number of nitrogens with zero attached hydrogens (tertiary/aromatic N) is 1. The van der Waals surface area contributed by atoms with E-state index in [0.29, 0.717) is 25.7 Å². The van der Waals surface area contributed by atoms with Crippen LogP contribution >= 0.6 is 11.6 Å². The third-order valence-corrected chi connectivity index (χ3v) is 14.7.